The second kappa shape index (κ2) is 7.13. The molecular formula is C19H17N3O3S2. The first kappa shape index (κ1) is 17.7. The Morgan fingerprint density at radius 3 is 2.81 bits per heavy atom. The minimum Gasteiger partial charge on any atom is -0.451 e. The molecule has 0 saturated carbocycles. The maximum absolute atomic E-state index is 12.3. The van der Waals surface area contributed by atoms with Crippen LogP contribution in [-0.4, -0.2) is 28.3 Å². The molecule has 1 amide bonds. The summed E-state index contributed by atoms with van der Waals surface area (Å²) in [4.78, 5) is 24.9. The van der Waals surface area contributed by atoms with E-state index in [-0.39, 0.29) is 12.6 Å². The van der Waals surface area contributed by atoms with Crippen molar-refractivity contribution in [1.82, 2.24) is 9.78 Å². The van der Waals surface area contributed by atoms with E-state index in [1.807, 2.05) is 38.1 Å². The topological polar surface area (TPSA) is 73.2 Å². The van der Waals surface area contributed by atoms with Gasteiger partial charge in [-0.3, -0.25) is 4.79 Å². The third-order valence-corrected chi connectivity index (χ3v) is 6.41. The van der Waals surface area contributed by atoms with E-state index in [4.69, 9.17) is 4.74 Å². The fourth-order valence-electron chi connectivity index (χ4n) is 2.81. The Labute approximate surface area is 163 Å². The SMILES string of the molecule is CC(C)n1nccc1NC(=O)COC(=O)c1cc2sc3ccccc3c2s1. The van der Waals surface area contributed by atoms with Gasteiger partial charge in [0.05, 0.1) is 10.9 Å². The zero-order chi connectivity index (χ0) is 19.0. The number of carbonyl (C=O) groups is 2. The molecule has 0 fully saturated rings. The summed E-state index contributed by atoms with van der Waals surface area (Å²) in [6.07, 6.45) is 1.62. The van der Waals surface area contributed by atoms with Crippen LogP contribution in [0.4, 0.5) is 5.82 Å². The van der Waals surface area contributed by atoms with Crippen molar-refractivity contribution in [2.45, 2.75) is 19.9 Å². The van der Waals surface area contributed by atoms with E-state index in [0.29, 0.717) is 10.7 Å². The lowest BCUT2D eigenvalue weighted by molar-refractivity contribution is -0.119. The maximum Gasteiger partial charge on any atom is 0.348 e. The summed E-state index contributed by atoms with van der Waals surface area (Å²) < 4.78 is 10.2. The molecule has 27 heavy (non-hydrogen) atoms. The molecule has 1 aromatic carbocycles. The number of hydrogen-bond acceptors (Lipinski definition) is 6. The average molecular weight is 399 g/mol. The molecule has 138 valence electrons. The van der Waals surface area contributed by atoms with Crippen LogP contribution in [0.3, 0.4) is 0 Å². The molecule has 3 aromatic heterocycles. The molecule has 1 N–H and O–H groups in total. The molecule has 0 bridgehead atoms. The summed E-state index contributed by atoms with van der Waals surface area (Å²) >= 11 is 3.04. The number of amides is 1. The fourth-order valence-corrected chi connectivity index (χ4v) is 5.22. The number of aromatic nitrogens is 2. The number of carbonyl (C=O) groups excluding carboxylic acids is 2. The number of nitrogens with zero attached hydrogens (tertiary/aromatic N) is 2. The van der Waals surface area contributed by atoms with Crippen molar-refractivity contribution in [2.24, 2.45) is 0 Å². The summed E-state index contributed by atoms with van der Waals surface area (Å²) in [7, 11) is 0. The quantitative estimate of drug-likeness (QED) is 0.494. The van der Waals surface area contributed by atoms with Crippen LogP contribution in [0.15, 0.2) is 42.6 Å². The summed E-state index contributed by atoms with van der Waals surface area (Å²) in [6.45, 7) is 3.60. The molecule has 6 nitrogen and oxygen atoms in total. The van der Waals surface area contributed by atoms with Gasteiger partial charge < -0.3 is 10.1 Å². The molecule has 0 atom stereocenters. The molecule has 0 spiro atoms. The van der Waals surface area contributed by atoms with Crippen LogP contribution in [0, 0.1) is 0 Å². The standard InChI is InChI=1S/C19H17N3O3S2/c1-11(2)22-16(7-8-20-22)21-17(23)10-25-19(24)15-9-14-18(27-15)12-5-3-4-6-13(12)26-14/h3-9,11H,10H2,1-2H3,(H,21,23). The van der Waals surface area contributed by atoms with Gasteiger partial charge in [-0.1, -0.05) is 18.2 Å². The number of benzene rings is 1. The Hall–Kier alpha value is -2.71. The Morgan fingerprint density at radius 1 is 1.19 bits per heavy atom. The van der Waals surface area contributed by atoms with Gasteiger partial charge in [0, 0.05) is 26.9 Å². The third kappa shape index (κ3) is 3.45. The highest BCUT2D eigenvalue weighted by atomic mass is 32.1. The van der Waals surface area contributed by atoms with Crippen molar-refractivity contribution in [3.63, 3.8) is 0 Å². The van der Waals surface area contributed by atoms with Crippen molar-refractivity contribution < 1.29 is 14.3 Å². The Bertz CT molecular complexity index is 1140. The van der Waals surface area contributed by atoms with Crippen LogP contribution in [0.1, 0.15) is 29.6 Å². The van der Waals surface area contributed by atoms with Crippen LogP contribution in [0.25, 0.3) is 19.5 Å². The van der Waals surface area contributed by atoms with Crippen molar-refractivity contribution in [3.8, 4) is 0 Å². The zero-order valence-electron chi connectivity index (χ0n) is 14.8. The lowest BCUT2D eigenvalue weighted by atomic mass is 10.2. The van der Waals surface area contributed by atoms with Gasteiger partial charge in [-0.2, -0.15) is 5.10 Å². The first-order valence-corrected chi connectivity index (χ1v) is 10.1. The number of esters is 1. The average Bonchev–Trinajstić information content (AvgIpc) is 3.33. The lowest BCUT2D eigenvalue weighted by Gasteiger charge is -2.11. The minimum absolute atomic E-state index is 0.117. The van der Waals surface area contributed by atoms with E-state index in [1.54, 1.807) is 28.3 Å². The molecule has 0 radical (unpaired) electrons. The Balaban J connectivity index is 1.42. The predicted molar refractivity (Wildman–Crippen MR) is 109 cm³/mol. The number of fused-ring (bicyclic) bond motifs is 3. The highest BCUT2D eigenvalue weighted by Crippen LogP contribution is 2.39. The van der Waals surface area contributed by atoms with Crippen molar-refractivity contribution in [3.05, 3.63) is 47.5 Å². The molecule has 0 aliphatic rings. The van der Waals surface area contributed by atoms with Gasteiger partial charge in [0.15, 0.2) is 6.61 Å². The first-order chi connectivity index (χ1) is 13.0. The van der Waals surface area contributed by atoms with E-state index in [9.17, 15) is 9.59 Å². The molecule has 3 heterocycles. The van der Waals surface area contributed by atoms with E-state index in [0.717, 1.165) is 14.8 Å². The molecule has 0 aliphatic heterocycles. The van der Waals surface area contributed by atoms with Crippen molar-refractivity contribution in [2.75, 3.05) is 11.9 Å². The summed E-state index contributed by atoms with van der Waals surface area (Å²) in [5.74, 6) is -0.302. The number of anilines is 1. The second-order valence-electron chi connectivity index (χ2n) is 6.28. The van der Waals surface area contributed by atoms with Crippen molar-refractivity contribution >= 4 is 59.9 Å². The summed E-state index contributed by atoms with van der Waals surface area (Å²) in [6, 6.07) is 11.8. The van der Waals surface area contributed by atoms with Crippen LogP contribution >= 0.6 is 22.7 Å². The van der Waals surface area contributed by atoms with Crippen LogP contribution in [-0.2, 0) is 9.53 Å². The smallest absolute Gasteiger partial charge is 0.348 e. The normalized spacial score (nSPS) is 11.4. The van der Waals surface area contributed by atoms with E-state index in [2.05, 4.69) is 16.5 Å². The van der Waals surface area contributed by atoms with Crippen LogP contribution in [0.2, 0.25) is 0 Å². The highest BCUT2D eigenvalue weighted by molar-refractivity contribution is 7.33. The Morgan fingerprint density at radius 2 is 2.00 bits per heavy atom. The van der Waals surface area contributed by atoms with Gasteiger partial charge in [0.2, 0.25) is 0 Å². The molecule has 4 rings (SSSR count). The number of ether oxygens (including phenoxy) is 1. The molecular weight excluding hydrogens is 382 g/mol. The van der Waals surface area contributed by atoms with E-state index < -0.39 is 11.9 Å². The predicted octanol–water partition coefficient (Wildman–Crippen LogP) is 4.69. The monoisotopic (exact) mass is 399 g/mol. The number of rotatable bonds is 5. The second-order valence-corrected chi connectivity index (χ2v) is 8.42. The molecule has 4 aromatic rings. The van der Waals surface area contributed by atoms with Gasteiger partial charge >= 0.3 is 5.97 Å². The number of nitrogens with one attached hydrogen (secondary N) is 1. The highest BCUT2D eigenvalue weighted by Gasteiger charge is 2.17. The lowest BCUT2D eigenvalue weighted by Crippen LogP contribution is -2.22. The number of thiophene rings is 2. The van der Waals surface area contributed by atoms with Gasteiger partial charge in [-0.15, -0.1) is 22.7 Å². The van der Waals surface area contributed by atoms with Gasteiger partial charge in [0.1, 0.15) is 10.7 Å². The van der Waals surface area contributed by atoms with Crippen LogP contribution in [0.5, 0.6) is 0 Å². The summed E-state index contributed by atoms with van der Waals surface area (Å²) in [5, 5.41) is 8.01. The van der Waals surface area contributed by atoms with E-state index in [1.165, 1.54) is 16.0 Å². The van der Waals surface area contributed by atoms with Crippen LogP contribution < -0.4 is 5.32 Å². The van der Waals surface area contributed by atoms with Gasteiger partial charge in [-0.25, -0.2) is 9.48 Å². The molecule has 0 aliphatic carbocycles. The third-order valence-electron chi connectivity index (χ3n) is 4.01. The molecule has 0 saturated heterocycles. The van der Waals surface area contributed by atoms with Crippen molar-refractivity contribution in [1.29, 1.82) is 0 Å². The largest absolute Gasteiger partial charge is 0.451 e. The minimum atomic E-state index is -0.486. The van der Waals surface area contributed by atoms with Gasteiger partial charge in [0.25, 0.3) is 5.91 Å². The van der Waals surface area contributed by atoms with E-state index >= 15 is 0 Å². The fraction of sp³-hybridized carbons (Fsp3) is 0.211. The first-order valence-electron chi connectivity index (χ1n) is 8.44. The zero-order valence-corrected chi connectivity index (χ0v) is 16.4. The maximum atomic E-state index is 12.3. The number of hydrogen-bond donors (Lipinski definition) is 1. The molecule has 0 unspecified atom stereocenters. The summed E-state index contributed by atoms with van der Waals surface area (Å²) in [5.41, 5.74) is 0. The Kier molecular flexibility index (Phi) is 4.67. The molecule has 8 heteroatoms. The van der Waals surface area contributed by atoms with Gasteiger partial charge in [-0.05, 0) is 26.0 Å².